The Labute approximate surface area is 142 Å². The SMILES string of the molecule is NCCN1CCN(C(=O)NCCCOc2ccccc2Cl)CC1. The lowest BCUT2D eigenvalue weighted by atomic mass is 10.3. The summed E-state index contributed by atoms with van der Waals surface area (Å²) >= 11 is 6.01. The summed E-state index contributed by atoms with van der Waals surface area (Å²) in [7, 11) is 0. The molecule has 3 N–H and O–H groups in total. The molecule has 1 aromatic rings. The van der Waals surface area contributed by atoms with E-state index in [1.165, 1.54) is 0 Å². The molecule has 23 heavy (non-hydrogen) atoms. The molecule has 6 nitrogen and oxygen atoms in total. The van der Waals surface area contributed by atoms with Crippen molar-refractivity contribution in [3.8, 4) is 5.75 Å². The van der Waals surface area contributed by atoms with Crippen LogP contribution in [0.5, 0.6) is 5.75 Å². The summed E-state index contributed by atoms with van der Waals surface area (Å²) in [6.07, 6.45) is 0.740. The number of ether oxygens (including phenoxy) is 1. The Bertz CT molecular complexity index is 493. The van der Waals surface area contributed by atoms with E-state index in [2.05, 4.69) is 10.2 Å². The van der Waals surface area contributed by atoms with Gasteiger partial charge in [-0.25, -0.2) is 4.79 Å². The van der Waals surface area contributed by atoms with Crippen LogP contribution in [0.1, 0.15) is 6.42 Å². The molecule has 0 aliphatic carbocycles. The number of piperazine rings is 1. The molecule has 7 heteroatoms. The number of hydrogen-bond acceptors (Lipinski definition) is 4. The van der Waals surface area contributed by atoms with Gasteiger partial charge in [0.2, 0.25) is 0 Å². The maximum Gasteiger partial charge on any atom is 0.317 e. The number of para-hydroxylation sites is 1. The van der Waals surface area contributed by atoms with Crippen LogP contribution in [-0.4, -0.2) is 68.3 Å². The van der Waals surface area contributed by atoms with Crippen molar-refractivity contribution in [2.75, 3.05) is 52.4 Å². The lowest BCUT2D eigenvalue weighted by Gasteiger charge is -2.34. The first-order chi connectivity index (χ1) is 11.2. The first kappa shape index (κ1) is 17.8. The summed E-state index contributed by atoms with van der Waals surface area (Å²) < 4.78 is 5.59. The van der Waals surface area contributed by atoms with Gasteiger partial charge in [0.05, 0.1) is 11.6 Å². The highest BCUT2D eigenvalue weighted by atomic mass is 35.5. The fourth-order valence-corrected chi connectivity index (χ4v) is 2.67. The highest BCUT2D eigenvalue weighted by molar-refractivity contribution is 6.32. The molecule has 1 aliphatic rings. The topological polar surface area (TPSA) is 70.8 Å². The third kappa shape index (κ3) is 5.89. The number of urea groups is 1. The first-order valence-electron chi connectivity index (χ1n) is 8.03. The van der Waals surface area contributed by atoms with E-state index < -0.39 is 0 Å². The van der Waals surface area contributed by atoms with E-state index in [9.17, 15) is 4.79 Å². The van der Waals surface area contributed by atoms with Crippen molar-refractivity contribution in [2.24, 2.45) is 5.73 Å². The molecule has 0 unspecified atom stereocenters. The molecule has 0 aromatic heterocycles. The molecule has 2 amide bonds. The zero-order valence-electron chi connectivity index (χ0n) is 13.3. The van der Waals surface area contributed by atoms with Crippen molar-refractivity contribution in [1.82, 2.24) is 15.1 Å². The molecule has 1 heterocycles. The van der Waals surface area contributed by atoms with Gasteiger partial charge in [-0.05, 0) is 18.6 Å². The van der Waals surface area contributed by atoms with E-state index in [1.807, 2.05) is 23.1 Å². The van der Waals surface area contributed by atoms with E-state index >= 15 is 0 Å². The van der Waals surface area contributed by atoms with E-state index in [-0.39, 0.29) is 6.03 Å². The zero-order chi connectivity index (χ0) is 16.5. The Kier molecular flexibility index (Phi) is 7.45. The van der Waals surface area contributed by atoms with Crippen molar-refractivity contribution in [3.63, 3.8) is 0 Å². The Morgan fingerprint density at radius 3 is 2.70 bits per heavy atom. The number of carbonyl (C=O) groups excluding carboxylic acids is 1. The maximum atomic E-state index is 12.1. The van der Waals surface area contributed by atoms with Gasteiger partial charge in [0.1, 0.15) is 5.75 Å². The largest absolute Gasteiger partial charge is 0.492 e. The molecule has 0 saturated carbocycles. The Morgan fingerprint density at radius 2 is 2.00 bits per heavy atom. The molecule has 0 atom stereocenters. The van der Waals surface area contributed by atoms with Gasteiger partial charge in [-0.15, -0.1) is 0 Å². The molecule has 1 saturated heterocycles. The molecule has 1 aliphatic heterocycles. The van der Waals surface area contributed by atoms with Crippen LogP contribution in [0.25, 0.3) is 0 Å². The number of hydrogen-bond donors (Lipinski definition) is 2. The number of halogens is 1. The molecule has 128 valence electrons. The normalized spacial score (nSPS) is 15.5. The minimum Gasteiger partial charge on any atom is -0.492 e. The van der Waals surface area contributed by atoms with Crippen LogP contribution >= 0.6 is 11.6 Å². The van der Waals surface area contributed by atoms with E-state index in [4.69, 9.17) is 22.1 Å². The molecule has 0 bridgehead atoms. The second-order valence-corrected chi connectivity index (χ2v) is 5.89. The second-order valence-electron chi connectivity index (χ2n) is 5.48. The van der Waals surface area contributed by atoms with Crippen molar-refractivity contribution in [3.05, 3.63) is 29.3 Å². The molecule has 1 fully saturated rings. The third-order valence-electron chi connectivity index (χ3n) is 3.80. The lowest BCUT2D eigenvalue weighted by molar-refractivity contribution is 0.141. The molecule has 0 radical (unpaired) electrons. The van der Waals surface area contributed by atoms with Crippen LogP contribution in [0, 0.1) is 0 Å². The highest BCUT2D eigenvalue weighted by Gasteiger charge is 2.19. The summed E-state index contributed by atoms with van der Waals surface area (Å²) in [6.45, 7) is 5.96. The number of nitrogens with one attached hydrogen (secondary N) is 1. The number of nitrogens with zero attached hydrogens (tertiary/aromatic N) is 2. The fraction of sp³-hybridized carbons (Fsp3) is 0.562. The van der Waals surface area contributed by atoms with Gasteiger partial charge in [-0.1, -0.05) is 23.7 Å². The van der Waals surface area contributed by atoms with Gasteiger partial charge in [-0.3, -0.25) is 4.90 Å². The standard InChI is InChI=1S/C16H25ClN4O2/c17-14-4-1-2-5-15(14)23-13-3-7-19-16(22)21-11-9-20(8-6-18)10-12-21/h1-2,4-5H,3,6-13,18H2,(H,19,22). The molecular formula is C16H25ClN4O2. The monoisotopic (exact) mass is 340 g/mol. The third-order valence-corrected chi connectivity index (χ3v) is 4.11. The number of amides is 2. The summed E-state index contributed by atoms with van der Waals surface area (Å²) in [5.74, 6) is 0.677. The van der Waals surface area contributed by atoms with Gasteiger partial charge in [-0.2, -0.15) is 0 Å². The van der Waals surface area contributed by atoms with Crippen molar-refractivity contribution in [2.45, 2.75) is 6.42 Å². The molecule has 2 rings (SSSR count). The number of rotatable bonds is 7. The summed E-state index contributed by atoms with van der Waals surface area (Å²) in [4.78, 5) is 16.2. The number of carbonyl (C=O) groups is 1. The number of benzene rings is 1. The zero-order valence-corrected chi connectivity index (χ0v) is 14.1. The van der Waals surface area contributed by atoms with Crippen LogP contribution in [0.4, 0.5) is 4.79 Å². The minimum absolute atomic E-state index is 0.00450. The van der Waals surface area contributed by atoms with Gasteiger partial charge in [0.25, 0.3) is 0 Å². The quantitative estimate of drug-likeness (QED) is 0.736. The second kappa shape index (κ2) is 9.60. The molecular weight excluding hydrogens is 316 g/mol. The fourth-order valence-electron chi connectivity index (χ4n) is 2.48. The van der Waals surface area contributed by atoms with Crippen molar-refractivity contribution in [1.29, 1.82) is 0 Å². The van der Waals surface area contributed by atoms with Gasteiger partial charge in [0, 0.05) is 45.8 Å². The Balaban J connectivity index is 1.58. The van der Waals surface area contributed by atoms with Crippen molar-refractivity contribution >= 4 is 17.6 Å². The van der Waals surface area contributed by atoms with Crippen LogP contribution in [0.15, 0.2) is 24.3 Å². The average Bonchev–Trinajstić information content (AvgIpc) is 2.57. The minimum atomic E-state index is -0.00450. The van der Waals surface area contributed by atoms with Gasteiger partial charge < -0.3 is 20.7 Å². The first-order valence-corrected chi connectivity index (χ1v) is 8.41. The average molecular weight is 341 g/mol. The summed E-state index contributed by atoms with van der Waals surface area (Å²) in [6, 6.07) is 7.37. The van der Waals surface area contributed by atoms with Crippen LogP contribution in [0.2, 0.25) is 5.02 Å². The Morgan fingerprint density at radius 1 is 1.26 bits per heavy atom. The number of nitrogens with two attached hydrogens (primary N) is 1. The van der Waals surface area contributed by atoms with E-state index in [1.54, 1.807) is 6.07 Å². The maximum absolute atomic E-state index is 12.1. The van der Waals surface area contributed by atoms with Crippen LogP contribution in [0.3, 0.4) is 0 Å². The highest BCUT2D eigenvalue weighted by Crippen LogP contribution is 2.22. The molecule has 0 spiro atoms. The lowest BCUT2D eigenvalue weighted by Crippen LogP contribution is -2.52. The van der Waals surface area contributed by atoms with Gasteiger partial charge >= 0.3 is 6.03 Å². The van der Waals surface area contributed by atoms with Crippen molar-refractivity contribution < 1.29 is 9.53 Å². The Hall–Kier alpha value is -1.50. The summed E-state index contributed by atoms with van der Waals surface area (Å²) in [5, 5.41) is 3.53. The van der Waals surface area contributed by atoms with E-state index in [0.29, 0.717) is 30.5 Å². The van der Waals surface area contributed by atoms with E-state index in [0.717, 1.165) is 39.1 Å². The van der Waals surface area contributed by atoms with Crippen LogP contribution < -0.4 is 15.8 Å². The van der Waals surface area contributed by atoms with Crippen LogP contribution in [-0.2, 0) is 0 Å². The molecule has 1 aromatic carbocycles. The smallest absolute Gasteiger partial charge is 0.317 e. The summed E-state index contributed by atoms with van der Waals surface area (Å²) in [5.41, 5.74) is 5.54. The van der Waals surface area contributed by atoms with Gasteiger partial charge in [0.15, 0.2) is 0 Å². The predicted octanol–water partition coefficient (Wildman–Crippen LogP) is 1.39. The predicted molar refractivity (Wildman–Crippen MR) is 92.0 cm³/mol.